The summed E-state index contributed by atoms with van der Waals surface area (Å²) in [5, 5.41) is 15.2. The van der Waals surface area contributed by atoms with Crippen molar-refractivity contribution in [2.75, 3.05) is 19.6 Å². The summed E-state index contributed by atoms with van der Waals surface area (Å²) in [6.45, 7) is 1.46. The molecule has 5 aromatic rings. The van der Waals surface area contributed by atoms with E-state index in [2.05, 4.69) is 26.6 Å². The number of hydrogen-bond donors (Lipinski definition) is 7. The molecule has 0 aliphatic carbocycles. The van der Waals surface area contributed by atoms with Crippen molar-refractivity contribution in [2.24, 2.45) is 17.4 Å². The lowest BCUT2D eigenvalue weighted by molar-refractivity contribution is -0.135. The summed E-state index contributed by atoms with van der Waals surface area (Å²) in [7, 11) is 0. The van der Waals surface area contributed by atoms with Crippen molar-refractivity contribution >= 4 is 72.4 Å². The van der Waals surface area contributed by atoms with Gasteiger partial charge in [0.2, 0.25) is 35.4 Å². The molecule has 0 saturated carbocycles. The Balaban J connectivity index is 1.34. The van der Waals surface area contributed by atoms with E-state index in [0.29, 0.717) is 43.6 Å². The third-order valence-corrected chi connectivity index (χ3v) is 13.0. The minimum Gasteiger partial charge on any atom is -0.368 e. The number of carbonyl (C=O) groups excluding carboxylic acids is 5. The summed E-state index contributed by atoms with van der Waals surface area (Å²) in [4.78, 5) is 70.1. The van der Waals surface area contributed by atoms with Gasteiger partial charge in [-0.25, -0.2) is 22.0 Å². The molecule has 9 N–H and O–H groups in total. The molecule has 4 atom stereocenters. The normalized spacial score (nSPS) is 15.1. The van der Waals surface area contributed by atoms with Crippen LogP contribution in [-0.2, 0) is 43.2 Å². The van der Waals surface area contributed by atoms with Crippen LogP contribution in [0.3, 0.4) is 0 Å². The molecule has 3 aromatic carbocycles. The van der Waals surface area contributed by atoms with Crippen LogP contribution in [0.25, 0.3) is 20.2 Å². The van der Waals surface area contributed by atoms with Crippen molar-refractivity contribution in [3.05, 3.63) is 105 Å². The molecule has 19 heteroatoms. The average molecular weight is 900 g/mol. The van der Waals surface area contributed by atoms with Gasteiger partial charge in [0.05, 0.1) is 0 Å². The van der Waals surface area contributed by atoms with Crippen molar-refractivity contribution in [1.29, 1.82) is 0 Å². The zero-order chi connectivity index (χ0) is 44.5. The number of primary amides is 1. The molecule has 1 saturated heterocycles. The summed E-state index contributed by atoms with van der Waals surface area (Å²) in [5.41, 5.74) is 9.67. The van der Waals surface area contributed by atoms with Crippen LogP contribution in [0.4, 0.5) is 22.0 Å². The number of fused-ring (bicyclic) bond motifs is 2. The molecule has 5 amide bonds. The second-order valence-corrected chi connectivity index (χ2v) is 17.5. The van der Waals surface area contributed by atoms with Gasteiger partial charge in [0.1, 0.15) is 24.2 Å². The monoisotopic (exact) mass is 899 g/mol. The molecule has 2 aromatic heterocycles. The van der Waals surface area contributed by atoms with E-state index in [-0.39, 0.29) is 37.6 Å². The lowest BCUT2D eigenvalue weighted by atomic mass is 9.96. The van der Waals surface area contributed by atoms with Crippen LogP contribution in [0, 0.1) is 35.0 Å². The van der Waals surface area contributed by atoms with E-state index >= 15 is 8.78 Å². The maximum Gasteiger partial charge on any atom is 0.243 e. The molecule has 12 nitrogen and oxygen atoms in total. The number of piperidine rings is 1. The summed E-state index contributed by atoms with van der Waals surface area (Å²) in [5.74, 6) is -16.2. The van der Waals surface area contributed by atoms with Crippen LogP contribution in [0.1, 0.15) is 47.4 Å². The molecule has 3 heterocycles. The molecule has 1 fully saturated rings. The van der Waals surface area contributed by atoms with E-state index < -0.39 is 88.9 Å². The van der Waals surface area contributed by atoms with Gasteiger partial charge in [0.25, 0.3) is 0 Å². The molecule has 1 aliphatic rings. The topological polar surface area (TPSA) is 198 Å². The number of thiophene rings is 2. The number of unbranched alkanes of at least 4 members (excludes halogenated alkanes) is 1. The zero-order valence-corrected chi connectivity index (χ0v) is 35.0. The number of rotatable bonds is 19. The molecule has 0 radical (unpaired) electrons. The van der Waals surface area contributed by atoms with Gasteiger partial charge in [-0.1, -0.05) is 36.4 Å². The summed E-state index contributed by atoms with van der Waals surface area (Å²) in [6, 6.07) is 12.4. The first kappa shape index (κ1) is 46.0. The molecular weight excluding hydrogens is 854 g/mol. The second-order valence-electron chi connectivity index (χ2n) is 15.1. The Labute approximate surface area is 361 Å². The quantitative estimate of drug-likeness (QED) is 0.0276. The van der Waals surface area contributed by atoms with Crippen LogP contribution in [0.15, 0.2) is 60.7 Å². The van der Waals surface area contributed by atoms with Gasteiger partial charge >= 0.3 is 0 Å². The van der Waals surface area contributed by atoms with Gasteiger partial charge in [0, 0.05) is 49.9 Å². The van der Waals surface area contributed by atoms with Gasteiger partial charge in [-0.2, -0.15) is 0 Å². The highest BCUT2D eigenvalue weighted by molar-refractivity contribution is 7.19. The zero-order valence-electron chi connectivity index (χ0n) is 33.3. The summed E-state index contributed by atoms with van der Waals surface area (Å²) >= 11 is 2.73. The average Bonchev–Trinajstić information content (AvgIpc) is 3.88. The first-order valence-corrected chi connectivity index (χ1v) is 21.7. The number of amides is 5. The number of nitrogens with two attached hydrogens (primary N) is 2. The van der Waals surface area contributed by atoms with Gasteiger partial charge in [0.15, 0.2) is 23.3 Å². The van der Waals surface area contributed by atoms with Gasteiger partial charge in [-0.15, -0.1) is 22.7 Å². The Bertz CT molecular complexity index is 2350. The number of halogens is 5. The van der Waals surface area contributed by atoms with E-state index in [1.54, 1.807) is 6.07 Å². The van der Waals surface area contributed by atoms with E-state index in [1.807, 2.05) is 54.6 Å². The number of hydrogen-bond acceptors (Lipinski definition) is 9. The SMILES string of the molecule is NCCCC[C@H](NC(=O)[C@H](Cc1c(F)c(F)c(F)c(F)c1F)NC(=O)[C@@H](Cc1cc2ccccc2s1)NC(=O)[C@@H](Cc1cc2ccccc2s1)NC(=O)C1CCNCC1)C(N)=O. The predicted octanol–water partition coefficient (Wildman–Crippen LogP) is 4.39. The Morgan fingerprint density at radius 2 is 1.08 bits per heavy atom. The fourth-order valence-corrected chi connectivity index (χ4v) is 9.53. The number of carbonyl (C=O) groups is 5. The maximum absolute atomic E-state index is 15.1. The minimum atomic E-state index is -2.42. The first-order valence-electron chi connectivity index (χ1n) is 20.1. The van der Waals surface area contributed by atoms with Crippen molar-refractivity contribution in [2.45, 2.75) is 75.5 Å². The predicted molar refractivity (Wildman–Crippen MR) is 226 cm³/mol. The molecule has 62 heavy (non-hydrogen) atoms. The van der Waals surface area contributed by atoms with Crippen molar-refractivity contribution in [3.63, 3.8) is 0 Å². The van der Waals surface area contributed by atoms with Crippen molar-refractivity contribution in [1.82, 2.24) is 26.6 Å². The van der Waals surface area contributed by atoms with Crippen LogP contribution in [0.2, 0.25) is 0 Å². The maximum atomic E-state index is 15.1. The Kier molecular flexibility index (Phi) is 15.6. The van der Waals surface area contributed by atoms with Crippen LogP contribution < -0.4 is 38.1 Å². The highest BCUT2D eigenvalue weighted by atomic mass is 32.1. The second kappa shape index (κ2) is 21.0. The van der Waals surface area contributed by atoms with Crippen molar-refractivity contribution < 1.29 is 45.9 Å². The lowest BCUT2D eigenvalue weighted by Gasteiger charge is -2.27. The van der Waals surface area contributed by atoms with Crippen molar-refractivity contribution in [3.8, 4) is 0 Å². The first-order chi connectivity index (χ1) is 29.7. The number of benzene rings is 3. The molecular formula is C43H46F5N7O5S2. The number of nitrogens with one attached hydrogen (secondary N) is 5. The molecule has 6 rings (SSSR count). The Hall–Kier alpha value is -5.50. The third kappa shape index (κ3) is 11.3. The lowest BCUT2D eigenvalue weighted by Crippen LogP contribution is -2.59. The van der Waals surface area contributed by atoms with Crippen LogP contribution in [-0.4, -0.2) is 73.3 Å². The molecule has 330 valence electrons. The molecule has 0 bridgehead atoms. The van der Waals surface area contributed by atoms with E-state index in [0.717, 1.165) is 25.0 Å². The largest absolute Gasteiger partial charge is 0.368 e. The minimum absolute atomic E-state index is 0.0175. The van der Waals surface area contributed by atoms with Gasteiger partial charge in [-0.3, -0.25) is 24.0 Å². The van der Waals surface area contributed by atoms with Crippen LogP contribution >= 0.6 is 22.7 Å². The highest BCUT2D eigenvalue weighted by Crippen LogP contribution is 2.29. The van der Waals surface area contributed by atoms with E-state index in [1.165, 1.54) is 22.7 Å². The van der Waals surface area contributed by atoms with Crippen LogP contribution in [0.5, 0.6) is 0 Å². The molecule has 0 unspecified atom stereocenters. The van der Waals surface area contributed by atoms with E-state index in [4.69, 9.17) is 11.5 Å². The summed E-state index contributed by atoms with van der Waals surface area (Å²) < 4.78 is 74.9. The van der Waals surface area contributed by atoms with E-state index in [9.17, 15) is 37.1 Å². The smallest absolute Gasteiger partial charge is 0.243 e. The van der Waals surface area contributed by atoms with Gasteiger partial charge in [-0.05, 0) is 86.8 Å². The van der Waals surface area contributed by atoms with Gasteiger partial charge < -0.3 is 38.1 Å². The highest BCUT2D eigenvalue weighted by Gasteiger charge is 2.35. The molecule has 0 spiro atoms. The Morgan fingerprint density at radius 1 is 0.629 bits per heavy atom. The standard InChI is InChI=1S/C43H46F5N7O5S2/c44-34-27(35(45)37(47)38(48)36(34)46)21-31(43(60)52-28(39(50)56)9-5-6-14-49)55-42(59)30(20-26-18-24-8-2-4-11-33(24)62-26)54-41(58)29(53-40(57)22-12-15-51-16-13-22)19-25-17-23-7-1-3-10-32(23)61-25/h1-4,7-8,10-11,17-18,22,28-31,51H,5-6,9,12-16,19-21,49H2,(H2,50,56)(H,52,60)(H,53,57)(H,54,58)(H,55,59)/t28-,29+,30+,31-/m0/s1. The summed E-state index contributed by atoms with van der Waals surface area (Å²) in [6.07, 6.45) is 0.410. The fraction of sp³-hybridized carbons (Fsp3) is 0.372. The Morgan fingerprint density at radius 3 is 1.56 bits per heavy atom. The fourth-order valence-electron chi connectivity index (χ4n) is 7.31. The third-order valence-electron chi connectivity index (χ3n) is 10.7. The molecule has 1 aliphatic heterocycles.